The Morgan fingerprint density at radius 3 is 2.24 bits per heavy atom. The van der Waals surface area contributed by atoms with Gasteiger partial charge < -0.3 is 14.4 Å². The molecule has 1 aromatic rings. The largest absolute Gasteiger partial charge is 0.414 e. The number of hydrogen-bond donors (Lipinski definition) is 1. The van der Waals surface area contributed by atoms with Crippen LogP contribution in [0.25, 0.3) is 0 Å². The number of benzene rings is 1. The highest BCUT2D eigenvalue weighted by Crippen LogP contribution is 2.39. The van der Waals surface area contributed by atoms with Gasteiger partial charge >= 0.3 is 0 Å². The third-order valence-corrected chi connectivity index (χ3v) is 9.90. The zero-order valence-electron chi connectivity index (χ0n) is 16.8. The first-order valence-electron chi connectivity index (χ1n) is 9.01. The maximum Gasteiger partial charge on any atom is 0.192 e. The van der Waals surface area contributed by atoms with Gasteiger partial charge in [0.05, 0.1) is 6.10 Å². The molecule has 0 saturated heterocycles. The van der Waals surface area contributed by atoms with E-state index in [2.05, 4.69) is 40.1 Å². The second-order valence-electron chi connectivity index (χ2n) is 8.46. The normalized spacial score (nSPS) is 16.0. The fraction of sp³-hybridized carbons (Fsp3) is 0.650. The number of rotatable bonds is 8. The molecule has 5 heteroatoms. The summed E-state index contributed by atoms with van der Waals surface area (Å²) in [6.07, 6.45) is 2.80. The van der Waals surface area contributed by atoms with Crippen molar-refractivity contribution in [2.24, 2.45) is 0 Å². The predicted molar refractivity (Wildman–Crippen MR) is 106 cm³/mol. The number of aliphatic hydroxyl groups is 1. The SMILES string of the molecule is C[C@@H](C[C@H](C[C@@H](O)c1ccccc1)O[Si](C)(C)C(C)(C)C)N(C)C#N. The van der Waals surface area contributed by atoms with E-state index in [1.54, 1.807) is 11.9 Å². The first-order valence-corrected chi connectivity index (χ1v) is 11.9. The summed E-state index contributed by atoms with van der Waals surface area (Å²) in [5.74, 6) is 0. The Balaban J connectivity index is 2.93. The third kappa shape index (κ3) is 6.46. The van der Waals surface area contributed by atoms with Crippen molar-refractivity contribution in [1.29, 1.82) is 5.26 Å². The lowest BCUT2D eigenvalue weighted by Crippen LogP contribution is -2.45. The van der Waals surface area contributed by atoms with Gasteiger partial charge in [-0.1, -0.05) is 51.1 Å². The van der Waals surface area contributed by atoms with E-state index >= 15 is 0 Å². The fourth-order valence-corrected chi connectivity index (χ4v) is 3.86. The first-order chi connectivity index (χ1) is 11.5. The lowest BCUT2D eigenvalue weighted by molar-refractivity contribution is 0.0700. The molecule has 0 aliphatic carbocycles. The average molecular weight is 363 g/mol. The maximum absolute atomic E-state index is 10.7. The van der Waals surface area contributed by atoms with Gasteiger partial charge in [-0.2, -0.15) is 5.26 Å². The molecule has 0 bridgehead atoms. The van der Waals surface area contributed by atoms with Gasteiger partial charge in [0.25, 0.3) is 0 Å². The molecule has 0 amide bonds. The minimum atomic E-state index is -1.96. The summed E-state index contributed by atoms with van der Waals surface area (Å²) >= 11 is 0. The van der Waals surface area contributed by atoms with E-state index in [-0.39, 0.29) is 17.2 Å². The van der Waals surface area contributed by atoms with Gasteiger partial charge in [0.15, 0.2) is 14.5 Å². The number of hydrogen-bond acceptors (Lipinski definition) is 4. The van der Waals surface area contributed by atoms with Crippen molar-refractivity contribution in [3.63, 3.8) is 0 Å². The Morgan fingerprint density at radius 1 is 1.20 bits per heavy atom. The van der Waals surface area contributed by atoms with Crippen LogP contribution in [0.3, 0.4) is 0 Å². The molecule has 0 aliphatic heterocycles. The molecule has 0 unspecified atom stereocenters. The van der Waals surface area contributed by atoms with E-state index in [4.69, 9.17) is 9.69 Å². The summed E-state index contributed by atoms with van der Waals surface area (Å²) in [5, 5.41) is 19.9. The molecule has 1 rings (SSSR count). The fourth-order valence-electron chi connectivity index (χ4n) is 2.48. The molecular formula is C20H34N2O2Si. The molecule has 0 radical (unpaired) electrons. The summed E-state index contributed by atoms with van der Waals surface area (Å²) in [7, 11) is -0.167. The summed E-state index contributed by atoms with van der Waals surface area (Å²) < 4.78 is 6.60. The average Bonchev–Trinajstić information content (AvgIpc) is 2.53. The second kappa shape index (κ2) is 8.84. The monoisotopic (exact) mass is 362 g/mol. The van der Waals surface area contributed by atoms with Gasteiger partial charge in [-0.3, -0.25) is 0 Å². The lowest BCUT2D eigenvalue weighted by Gasteiger charge is -2.40. The van der Waals surface area contributed by atoms with Crippen molar-refractivity contribution in [1.82, 2.24) is 4.90 Å². The Bertz CT molecular complexity index is 563. The summed E-state index contributed by atoms with van der Waals surface area (Å²) in [6, 6.07) is 9.78. The number of aliphatic hydroxyl groups excluding tert-OH is 1. The highest BCUT2D eigenvalue weighted by atomic mass is 28.4. The Labute approximate surface area is 154 Å². The van der Waals surface area contributed by atoms with Crippen LogP contribution >= 0.6 is 0 Å². The Kier molecular flexibility index (Phi) is 7.67. The zero-order valence-corrected chi connectivity index (χ0v) is 17.8. The Hall–Kier alpha value is -1.35. The molecule has 0 saturated carbocycles. The van der Waals surface area contributed by atoms with Crippen LogP contribution in [0, 0.1) is 11.5 Å². The van der Waals surface area contributed by atoms with E-state index in [1.807, 2.05) is 37.3 Å². The van der Waals surface area contributed by atoms with Crippen LogP contribution in [0.5, 0.6) is 0 Å². The van der Waals surface area contributed by atoms with E-state index in [1.165, 1.54) is 0 Å². The van der Waals surface area contributed by atoms with Crippen molar-refractivity contribution in [2.45, 2.75) is 76.9 Å². The molecule has 1 N–H and O–H groups in total. The highest BCUT2D eigenvalue weighted by Gasteiger charge is 2.39. The minimum absolute atomic E-state index is 0.0720. The van der Waals surface area contributed by atoms with Crippen LogP contribution in [0.1, 0.15) is 52.2 Å². The Morgan fingerprint density at radius 2 is 1.76 bits per heavy atom. The van der Waals surface area contributed by atoms with E-state index < -0.39 is 14.4 Å². The van der Waals surface area contributed by atoms with Gasteiger partial charge in [-0.15, -0.1) is 0 Å². The summed E-state index contributed by atoms with van der Waals surface area (Å²) in [6.45, 7) is 13.1. The van der Waals surface area contributed by atoms with Gasteiger partial charge in [-0.05, 0) is 37.0 Å². The van der Waals surface area contributed by atoms with Crippen molar-refractivity contribution >= 4 is 8.32 Å². The lowest BCUT2D eigenvalue weighted by atomic mass is 9.99. The molecule has 140 valence electrons. The molecule has 25 heavy (non-hydrogen) atoms. The second-order valence-corrected chi connectivity index (χ2v) is 13.2. The van der Waals surface area contributed by atoms with Crippen LogP contribution in [-0.4, -0.2) is 37.5 Å². The number of nitrogens with zero attached hydrogens (tertiary/aromatic N) is 2. The van der Waals surface area contributed by atoms with Crippen molar-refractivity contribution < 1.29 is 9.53 Å². The van der Waals surface area contributed by atoms with Crippen LogP contribution in [-0.2, 0) is 4.43 Å². The van der Waals surface area contributed by atoms with Gasteiger partial charge in [-0.25, -0.2) is 0 Å². The van der Waals surface area contributed by atoms with Crippen LogP contribution < -0.4 is 0 Å². The van der Waals surface area contributed by atoms with E-state index in [9.17, 15) is 5.11 Å². The molecule has 0 fully saturated rings. The first kappa shape index (κ1) is 21.7. The molecule has 4 nitrogen and oxygen atoms in total. The molecular weight excluding hydrogens is 328 g/mol. The highest BCUT2D eigenvalue weighted by molar-refractivity contribution is 6.74. The topological polar surface area (TPSA) is 56.5 Å². The van der Waals surface area contributed by atoms with Crippen molar-refractivity contribution in [2.75, 3.05) is 7.05 Å². The van der Waals surface area contributed by atoms with E-state index in [0.29, 0.717) is 6.42 Å². The smallest absolute Gasteiger partial charge is 0.192 e. The van der Waals surface area contributed by atoms with Gasteiger partial charge in [0, 0.05) is 25.6 Å². The van der Waals surface area contributed by atoms with Gasteiger partial charge in [0.2, 0.25) is 0 Å². The predicted octanol–water partition coefficient (Wildman–Crippen LogP) is 4.69. The molecule has 3 atom stereocenters. The van der Waals surface area contributed by atoms with Crippen molar-refractivity contribution in [3.05, 3.63) is 35.9 Å². The molecule has 0 spiro atoms. The zero-order chi connectivity index (χ0) is 19.3. The van der Waals surface area contributed by atoms with Crippen LogP contribution in [0.15, 0.2) is 30.3 Å². The van der Waals surface area contributed by atoms with E-state index in [0.717, 1.165) is 12.0 Å². The minimum Gasteiger partial charge on any atom is -0.414 e. The number of nitriles is 1. The van der Waals surface area contributed by atoms with Crippen LogP contribution in [0.2, 0.25) is 18.1 Å². The molecule has 0 aliphatic rings. The van der Waals surface area contributed by atoms with Gasteiger partial charge in [0.1, 0.15) is 0 Å². The molecule has 0 aromatic heterocycles. The van der Waals surface area contributed by atoms with Crippen molar-refractivity contribution in [3.8, 4) is 6.19 Å². The molecule has 1 aromatic carbocycles. The standard InChI is InChI=1S/C20H34N2O2Si/c1-16(22(5)15-21)13-18(24-25(6,7)20(2,3)4)14-19(23)17-11-9-8-10-12-17/h8-12,16,18-19,23H,13-14H2,1-7H3/t16-,18+,19+/m0/s1. The quantitative estimate of drug-likeness (QED) is 0.414. The maximum atomic E-state index is 10.7. The summed E-state index contributed by atoms with van der Waals surface area (Å²) in [4.78, 5) is 1.65. The summed E-state index contributed by atoms with van der Waals surface area (Å²) in [5.41, 5.74) is 0.910. The third-order valence-electron chi connectivity index (χ3n) is 5.36. The molecule has 0 heterocycles. The van der Waals surface area contributed by atoms with Crippen LogP contribution in [0.4, 0.5) is 0 Å².